The Morgan fingerprint density at radius 3 is 1.35 bits per heavy atom. The number of fused-ring (bicyclic) bond motifs is 3. The van der Waals surface area contributed by atoms with Gasteiger partial charge in [0.15, 0.2) is 0 Å². The van der Waals surface area contributed by atoms with E-state index in [1.807, 2.05) is 27.7 Å². The van der Waals surface area contributed by atoms with Crippen molar-refractivity contribution in [3.05, 3.63) is 47.5 Å². The van der Waals surface area contributed by atoms with Crippen LogP contribution in [0.2, 0.25) is 0 Å². The van der Waals surface area contributed by atoms with E-state index < -0.39 is 0 Å². The molecule has 0 aliphatic carbocycles. The quantitative estimate of drug-likeness (QED) is 0.471. The topological polar surface area (TPSA) is 4.93 Å². The lowest BCUT2D eigenvalue weighted by atomic mass is 10.1. The Morgan fingerprint density at radius 1 is 0.650 bits per heavy atom. The molecule has 0 aliphatic rings. The zero-order valence-corrected chi connectivity index (χ0v) is 13.9. The average molecular weight is 269 g/mol. The molecule has 0 bridgehead atoms. The van der Waals surface area contributed by atoms with Crippen LogP contribution in [0, 0.1) is 13.8 Å². The first-order valence-electron chi connectivity index (χ1n) is 7.62. The molecule has 0 radical (unpaired) electrons. The van der Waals surface area contributed by atoms with Crippen LogP contribution in [0.1, 0.15) is 38.8 Å². The van der Waals surface area contributed by atoms with E-state index in [4.69, 9.17) is 0 Å². The summed E-state index contributed by atoms with van der Waals surface area (Å²) in [4.78, 5) is 0. The second-order valence-electron chi connectivity index (χ2n) is 4.60. The summed E-state index contributed by atoms with van der Waals surface area (Å²) in [6.45, 7) is 12.3. The van der Waals surface area contributed by atoms with Crippen LogP contribution in [-0.4, -0.2) is 4.57 Å². The minimum absolute atomic E-state index is 1.31. The second-order valence-corrected chi connectivity index (χ2v) is 4.60. The van der Waals surface area contributed by atoms with Crippen molar-refractivity contribution in [2.24, 2.45) is 7.05 Å². The number of hydrogen-bond donors (Lipinski definition) is 0. The number of benzene rings is 2. The van der Waals surface area contributed by atoms with Crippen molar-refractivity contribution in [1.82, 2.24) is 4.57 Å². The van der Waals surface area contributed by atoms with E-state index in [2.05, 4.69) is 61.9 Å². The van der Waals surface area contributed by atoms with E-state index in [1.165, 1.54) is 32.9 Å². The molecular formula is C19H27N. The van der Waals surface area contributed by atoms with Crippen molar-refractivity contribution in [2.45, 2.75) is 41.5 Å². The molecule has 0 saturated carbocycles. The van der Waals surface area contributed by atoms with E-state index in [0.29, 0.717) is 0 Å². The van der Waals surface area contributed by atoms with E-state index in [-0.39, 0.29) is 0 Å². The van der Waals surface area contributed by atoms with Gasteiger partial charge in [0.2, 0.25) is 0 Å². The molecular weight excluding hydrogens is 242 g/mol. The Balaban J connectivity index is 0.000000461. The summed E-state index contributed by atoms with van der Waals surface area (Å²) in [5.41, 5.74) is 5.26. The lowest BCUT2D eigenvalue weighted by Gasteiger charge is -1.97. The largest absolute Gasteiger partial charge is 0.344 e. The predicted molar refractivity (Wildman–Crippen MR) is 92.6 cm³/mol. The molecule has 108 valence electrons. The number of nitrogens with zero attached hydrogens (tertiary/aromatic N) is 1. The first-order valence-corrected chi connectivity index (χ1v) is 7.62. The summed E-state index contributed by atoms with van der Waals surface area (Å²) in [5, 5.41) is 2.72. The van der Waals surface area contributed by atoms with Crippen molar-refractivity contribution in [1.29, 1.82) is 0 Å². The van der Waals surface area contributed by atoms with E-state index in [0.717, 1.165) is 0 Å². The maximum atomic E-state index is 2.27. The van der Waals surface area contributed by atoms with E-state index in [9.17, 15) is 0 Å². The Bertz CT molecular complexity index is 630. The van der Waals surface area contributed by atoms with E-state index in [1.54, 1.807) is 0 Å². The fourth-order valence-corrected chi connectivity index (χ4v) is 2.45. The van der Waals surface area contributed by atoms with Crippen LogP contribution in [0.3, 0.4) is 0 Å². The molecule has 0 saturated heterocycles. The average Bonchev–Trinajstić information content (AvgIpc) is 2.76. The third kappa shape index (κ3) is 2.87. The second kappa shape index (κ2) is 7.14. The highest BCUT2D eigenvalue weighted by molar-refractivity contribution is 6.08. The van der Waals surface area contributed by atoms with Crippen LogP contribution >= 0.6 is 0 Å². The molecule has 0 amide bonds. The molecule has 1 nitrogen and oxygen atoms in total. The first kappa shape index (κ1) is 16.3. The Hall–Kier alpha value is -1.76. The molecule has 1 heteroatoms. The van der Waals surface area contributed by atoms with Crippen molar-refractivity contribution in [2.75, 3.05) is 0 Å². The maximum Gasteiger partial charge on any atom is 0.0488 e. The summed E-state index contributed by atoms with van der Waals surface area (Å²) >= 11 is 0. The van der Waals surface area contributed by atoms with Crippen molar-refractivity contribution in [3.8, 4) is 0 Å². The number of aryl methyl sites for hydroxylation is 3. The van der Waals surface area contributed by atoms with Gasteiger partial charge in [0.05, 0.1) is 0 Å². The predicted octanol–water partition coefficient (Wildman–Crippen LogP) is 6.00. The number of rotatable bonds is 0. The fourth-order valence-electron chi connectivity index (χ4n) is 2.45. The molecule has 20 heavy (non-hydrogen) atoms. The maximum absolute atomic E-state index is 2.27. The standard InChI is InChI=1S/C15H15N.2C2H6/c1-10-4-6-14-12(8-10)13-9-11(2)5-7-15(13)16(14)3;2*1-2/h4-9H,1-3H3;2*1-2H3. The lowest BCUT2D eigenvalue weighted by Crippen LogP contribution is -1.86. The molecule has 1 heterocycles. The molecule has 0 atom stereocenters. The summed E-state index contributed by atoms with van der Waals surface area (Å²) in [6, 6.07) is 13.3. The lowest BCUT2D eigenvalue weighted by molar-refractivity contribution is 1.01. The summed E-state index contributed by atoms with van der Waals surface area (Å²) in [6.07, 6.45) is 0. The monoisotopic (exact) mass is 269 g/mol. The smallest absolute Gasteiger partial charge is 0.0488 e. The summed E-state index contributed by atoms with van der Waals surface area (Å²) in [5.74, 6) is 0. The molecule has 1 aromatic heterocycles. The van der Waals surface area contributed by atoms with Gasteiger partial charge in [-0.1, -0.05) is 51.0 Å². The highest BCUT2D eigenvalue weighted by Crippen LogP contribution is 2.29. The highest BCUT2D eigenvalue weighted by atomic mass is 14.9. The highest BCUT2D eigenvalue weighted by Gasteiger charge is 2.07. The molecule has 3 aromatic rings. The molecule has 2 aromatic carbocycles. The normalized spacial score (nSPS) is 9.75. The van der Waals surface area contributed by atoms with Crippen molar-refractivity contribution in [3.63, 3.8) is 0 Å². The van der Waals surface area contributed by atoms with Gasteiger partial charge in [-0.15, -0.1) is 0 Å². The minimum atomic E-state index is 1.31. The molecule has 0 fully saturated rings. The van der Waals surface area contributed by atoms with Crippen LogP contribution in [0.15, 0.2) is 36.4 Å². The van der Waals surface area contributed by atoms with Crippen LogP contribution in [-0.2, 0) is 7.05 Å². The third-order valence-electron chi connectivity index (χ3n) is 3.32. The Morgan fingerprint density at radius 2 is 1.00 bits per heavy atom. The zero-order valence-electron chi connectivity index (χ0n) is 13.9. The van der Waals surface area contributed by atoms with Gasteiger partial charge in [-0.2, -0.15) is 0 Å². The van der Waals surface area contributed by atoms with Crippen LogP contribution < -0.4 is 0 Å². The third-order valence-corrected chi connectivity index (χ3v) is 3.32. The van der Waals surface area contributed by atoms with Gasteiger partial charge in [0.25, 0.3) is 0 Å². The summed E-state index contributed by atoms with van der Waals surface area (Å²) < 4.78 is 2.27. The first-order chi connectivity index (χ1) is 9.66. The van der Waals surface area contributed by atoms with Gasteiger partial charge < -0.3 is 4.57 Å². The molecule has 0 spiro atoms. The van der Waals surface area contributed by atoms with Gasteiger partial charge in [0, 0.05) is 28.9 Å². The SMILES string of the molecule is CC.CC.Cc1ccc2c(c1)c1cc(C)ccc1n2C. The summed E-state index contributed by atoms with van der Waals surface area (Å²) in [7, 11) is 2.13. The molecule has 0 aliphatic heterocycles. The van der Waals surface area contributed by atoms with Crippen molar-refractivity contribution < 1.29 is 0 Å². The van der Waals surface area contributed by atoms with Crippen LogP contribution in [0.4, 0.5) is 0 Å². The van der Waals surface area contributed by atoms with Crippen LogP contribution in [0.25, 0.3) is 21.8 Å². The zero-order chi connectivity index (χ0) is 15.3. The molecule has 0 N–H and O–H groups in total. The Kier molecular flexibility index (Phi) is 5.82. The number of hydrogen-bond acceptors (Lipinski definition) is 0. The molecule has 0 unspecified atom stereocenters. The van der Waals surface area contributed by atoms with Crippen molar-refractivity contribution >= 4 is 21.8 Å². The van der Waals surface area contributed by atoms with Gasteiger partial charge >= 0.3 is 0 Å². The fraction of sp³-hybridized carbons (Fsp3) is 0.368. The number of aromatic nitrogens is 1. The minimum Gasteiger partial charge on any atom is -0.344 e. The molecule has 3 rings (SSSR count). The van der Waals surface area contributed by atoms with Gasteiger partial charge in [-0.05, 0) is 38.1 Å². The van der Waals surface area contributed by atoms with Gasteiger partial charge in [0.1, 0.15) is 0 Å². The Labute approximate surface area is 123 Å². The van der Waals surface area contributed by atoms with Gasteiger partial charge in [-0.25, -0.2) is 0 Å². The van der Waals surface area contributed by atoms with E-state index >= 15 is 0 Å². The van der Waals surface area contributed by atoms with Gasteiger partial charge in [-0.3, -0.25) is 0 Å². The van der Waals surface area contributed by atoms with Crippen LogP contribution in [0.5, 0.6) is 0 Å².